The molecule has 296 valence electrons. The number of pyridine rings is 2. The van der Waals surface area contributed by atoms with Crippen LogP contribution in [0.25, 0.3) is 11.1 Å². The number of anilines is 2. The summed E-state index contributed by atoms with van der Waals surface area (Å²) in [5, 5.41) is 5.95. The topological polar surface area (TPSA) is 115 Å². The zero-order chi connectivity index (χ0) is 39.4. The lowest BCUT2D eigenvalue weighted by Crippen LogP contribution is -2.44. The van der Waals surface area contributed by atoms with Crippen molar-refractivity contribution in [1.29, 1.82) is 0 Å². The number of hydrogen-bond acceptors (Lipinski definition) is 10. The van der Waals surface area contributed by atoms with Crippen molar-refractivity contribution >= 4 is 23.5 Å². The molecule has 0 radical (unpaired) electrons. The summed E-state index contributed by atoms with van der Waals surface area (Å²) in [6, 6.07) is 32.3. The summed E-state index contributed by atoms with van der Waals surface area (Å²) in [6.07, 6.45) is 4.87. The Bertz CT molecular complexity index is 2050. The highest BCUT2D eigenvalue weighted by Crippen LogP contribution is 2.32. The number of benzene rings is 3. The van der Waals surface area contributed by atoms with Gasteiger partial charge in [-0.3, -0.25) is 9.59 Å². The molecule has 3 aliphatic rings. The monoisotopic (exact) mass is 768 g/mol. The molecule has 2 saturated heterocycles. The van der Waals surface area contributed by atoms with Gasteiger partial charge in [0.15, 0.2) is 11.5 Å². The summed E-state index contributed by atoms with van der Waals surface area (Å²) in [5.41, 5.74) is 5.91. The SMILES string of the molecule is CN1CCN(c2ccc(C(=O)NCCc3ccc(-c4ccccc4)cc3)cn2)CC1.CN1CCN(c2ccc(C(=O)NCCc3ccc4c(c3)OCO4)cn2)CC1. The Morgan fingerprint density at radius 2 is 1.05 bits per heavy atom. The first-order valence-corrected chi connectivity index (χ1v) is 19.8. The van der Waals surface area contributed by atoms with E-state index in [0.717, 1.165) is 93.9 Å². The van der Waals surface area contributed by atoms with Crippen LogP contribution in [0.2, 0.25) is 0 Å². The third-order valence-electron chi connectivity index (χ3n) is 10.6. The minimum Gasteiger partial charge on any atom is -0.454 e. The maximum absolute atomic E-state index is 12.4. The molecule has 2 fully saturated rings. The molecular formula is C45H52N8O4. The molecule has 0 spiro atoms. The van der Waals surface area contributed by atoms with Gasteiger partial charge in [0.05, 0.1) is 11.1 Å². The molecular weight excluding hydrogens is 717 g/mol. The molecule has 8 rings (SSSR count). The van der Waals surface area contributed by atoms with Gasteiger partial charge in [-0.15, -0.1) is 0 Å². The standard InChI is InChI=1S/C25H28N4O.C20H24N4O3/c1-28-15-17-29(18-16-28)24-12-11-23(19-27-24)25(30)26-14-13-20-7-9-22(10-8-20)21-5-3-2-4-6-21;1-23-8-10-24(11-9-23)19-5-3-16(13-22-19)20(25)21-7-6-15-2-4-17-18(12-15)27-14-26-17/h2-12,19H,13-18H2,1H3,(H,26,30);2-5,12-13H,6-11,14H2,1H3,(H,21,25). The average Bonchev–Trinajstić information content (AvgIpc) is 3.73. The first-order valence-electron chi connectivity index (χ1n) is 19.8. The molecule has 0 bridgehead atoms. The smallest absolute Gasteiger partial charge is 0.252 e. The molecule has 57 heavy (non-hydrogen) atoms. The number of fused-ring (bicyclic) bond motifs is 1. The first-order chi connectivity index (χ1) is 27.9. The van der Waals surface area contributed by atoms with Gasteiger partial charge < -0.3 is 39.7 Å². The van der Waals surface area contributed by atoms with Gasteiger partial charge >= 0.3 is 0 Å². The van der Waals surface area contributed by atoms with Gasteiger partial charge in [-0.05, 0) is 85.6 Å². The van der Waals surface area contributed by atoms with Crippen LogP contribution in [-0.4, -0.2) is 118 Å². The maximum Gasteiger partial charge on any atom is 0.252 e. The van der Waals surface area contributed by atoms with Crippen LogP contribution >= 0.6 is 0 Å². The third kappa shape index (κ3) is 10.9. The Morgan fingerprint density at radius 3 is 1.58 bits per heavy atom. The van der Waals surface area contributed by atoms with Crippen LogP contribution in [0.15, 0.2) is 109 Å². The van der Waals surface area contributed by atoms with E-state index in [1.165, 1.54) is 16.7 Å². The van der Waals surface area contributed by atoms with Crippen molar-refractivity contribution in [2.75, 3.05) is 96.1 Å². The van der Waals surface area contributed by atoms with E-state index in [0.29, 0.717) is 24.2 Å². The summed E-state index contributed by atoms with van der Waals surface area (Å²) >= 11 is 0. The number of nitrogens with zero attached hydrogens (tertiary/aromatic N) is 6. The maximum atomic E-state index is 12.4. The molecule has 0 saturated carbocycles. The van der Waals surface area contributed by atoms with E-state index in [9.17, 15) is 9.59 Å². The number of piperazine rings is 2. The van der Waals surface area contributed by atoms with Gasteiger partial charge in [0.25, 0.3) is 11.8 Å². The molecule has 2 N–H and O–H groups in total. The van der Waals surface area contributed by atoms with Crippen molar-refractivity contribution in [3.63, 3.8) is 0 Å². The number of hydrogen-bond donors (Lipinski definition) is 2. The van der Waals surface area contributed by atoms with Crippen molar-refractivity contribution in [1.82, 2.24) is 30.4 Å². The average molecular weight is 769 g/mol. The number of carbonyl (C=O) groups excluding carboxylic acids is 2. The minimum atomic E-state index is -0.104. The molecule has 3 aliphatic heterocycles. The van der Waals surface area contributed by atoms with Gasteiger partial charge in [-0.1, -0.05) is 60.7 Å². The molecule has 12 nitrogen and oxygen atoms in total. The van der Waals surface area contributed by atoms with Gasteiger partial charge in [0.1, 0.15) is 11.6 Å². The van der Waals surface area contributed by atoms with Gasteiger partial charge in [0.2, 0.25) is 6.79 Å². The first kappa shape index (κ1) is 39.3. The van der Waals surface area contributed by atoms with E-state index in [4.69, 9.17) is 9.47 Å². The van der Waals surface area contributed by atoms with E-state index in [-0.39, 0.29) is 18.6 Å². The Hall–Kier alpha value is -5.98. The van der Waals surface area contributed by atoms with Crippen LogP contribution in [-0.2, 0) is 12.8 Å². The molecule has 0 unspecified atom stereocenters. The molecule has 2 amide bonds. The number of carbonyl (C=O) groups is 2. The van der Waals surface area contributed by atoms with Crippen molar-refractivity contribution in [2.45, 2.75) is 12.8 Å². The fourth-order valence-electron chi connectivity index (χ4n) is 6.92. The molecule has 2 aromatic heterocycles. The van der Waals surface area contributed by atoms with Gasteiger partial charge in [-0.2, -0.15) is 0 Å². The highest BCUT2D eigenvalue weighted by atomic mass is 16.7. The molecule has 5 aromatic rings. The zero-order valence-electron chi connectivity index (χ0n) is 32.9. The molecule has 5 heterocycles. The highest BCUT2D eigenvalue weighted by molar-refractivity contribution is 5.94. The Morgan fingerprint density at radius 1 is 0.561 bits per heavy atom. The quantitative estimate of drug-likeness (QED) is 0.190. The van der Waals surface area contributed by atoms with Gasteiger partial charge in [-0.25, -0.2) is 9.97 Å². The van der Waals surface area contributed by atoms with E-state index < -0.39 is 0 Å². The number of aromatic nitrogens is 2. The lowest BCUT2D eigenvalue weighted by atomic mass is 10.0. The third-order valence-corrected chi connectivity index (χ3v) is 10.6. The van der Waals surface area contributed by atoms with Crippen LogP contribution in [0.1, 0.15) is 31.8 Å². The Labute approximate surface area is 335 Å². The molecule has 0 atom stereocenters. The van der Waals surface area contributed by atoms with Crippen molar-refractivity contribution in [2.24, 2.45) is 0 Å². The number of likely N-dealkylation sites (N-methyl/N-ethyl adjacent to an activating group) is 2. The fourth-order valence-corrected chi connectivity index (χ4v) is 6.92. The summed E-state index contributed by atoms with van der Waals surface area (Å²) < 4.78 is 10.7. The Kier molecular flexibility index (Phi) is 13.3. The number of rotatable bonds is 11. The van der Waals surface area contributed by atoms with E-state index >= 15 is 0 Å². The summed E-state index contributed by atoms with van der Waals surface area (Å²) in [7, 11) is 4.26. The van der Waals surface area contributed by atoms with Gasteiger partial charge in [0, 0.05) is 77.8 Å². The van der Waals surface area contributed by atoms with Crippen LogP contribution < -0.4 is 29.9 Å². The second-order valence-corrected chi connectivity index (χ2v) is 14.7. The van der Waals surface area contributed by atoms with Crippen molar-refractivity contribution < 1.29 is 19.1 Å². The molecule has 12 heteroatoms. The minimum absolute atomic E-state index is 0.0756. The largest absolute Gasteiger partial charge is 0.454 e. The lowest BCUT2D eigenvalue weighted by Gasteiger charge is -2.33. The highest BCUT2D eigenvalue weighted by Gasteiger charge is 2.18. The second-order valence-electron chi connectivity index (χ2n) is 14.7. The summed E-state index contributed by atoms with van der Waals surface area (Å²) in [4.78, 5) is 42.9. The van der Waals surface area contributed by atoms with E-state index in [2.05, 4.69) is 90.7 Å². The molecule has 3 aromatic carbocycles. The van der Waals surface area contributed by atoms with Crippen molar-refractivity contribution in [3.8, 4) is 22.6 Å². The predicted molar refractivity (Wildman–Crippen MR) is 224 cm³/mol. The van der Waals surface area contributed by atoms with Crippen molar-refractivity contribution in [3.05, 3.63) is 132 Å². The fraction of sp³-hybridized carbons (Fsp3) is 0.333. The number of nitrogens with one attached hydrogen (secondary N) is 2. The zero-order valence-corrected chi connectivity index (χ0v) is 32.9. The number of amides is 2. The molecule has 0 aliphatic carbocycles. The van der Waals surface area contributed by atoms with Crippen LogP contribution in [0.5, 0.6) is 11.5 Å². The normalized spacial score (nSPS) is 15.4. The van der Waals surface area contributed by atoms with Crippen LogP contribution in [0.4, 0.5) is 11.6 Å². The summed E-state index contributed by atoms with van der Waals surface area (Å²) in [5.74, 6) is 3.23. The van der Waals surface area contributed by atoms with E-state index in [1.54, 1.807) is 12.4 Å². The predicted octanol–water partition coefficient (Wildman–Crippen LogP) is 5.01. The van der Waals surface area contributed by atoms with E-state index in [1.807, 2.05) is 60.7 Å². The summed E-state index contributed by atoms with van der Waals surface area (Å²) in [6.45, 7) is 9.43. The van der Waals surface area contributed by atoms with Crippen LogP contribution in [0.3, 0.4) is 0 Å². The van der Waals surface area contributed by atoms with Crippen LogP contribution in [0, 0.1) is 0 Å². The second kappa shape index (κ2) is 19.2. The lowest BCUT2D eigenvalue weighted by molar-refractivity contribution is 0.0945. The Balaban J connectivity index is 0.000000175. The number of ether oxygens (including phenoxy) is 2.